The molecule has 0 saturated carbocycles. The monoisotopic (exact) mass is 200 g/mol. The summed E-state index contributed by atoms with van der Waals surface area (Å²) in [6.07, 6.45) is 1.90. The zero-order valence-corrected chi connectivity index (χ0v) is 9.10. The van der Waals surface area contributed by atoms with Crippen LogP contribution in [0, 0.1) is 0 Å². The molecule has 1 heterocycles. The minimum absolute atomic E-state index is 0.359. The first-order valence-electron chi connectivity index (χ1n) is 4.37. The van der Waals surface area contributed by atoms with Gasteiger partial charge < -0.3 is 10.1 Å². The zero-order valence-electron chi connectivity index (χ0n) is 8.28. The van der Waals surface area contributed by atoms with Gasteiger partial charge in [0.05, 0.1) is 12.1 Å². The second-order valence-corrected chi connectivity index (χ2v) is 4.07. The van der Waals surface area contributed by atoms with E-state index in [-0.39, 0.29) is 0 Å². The van der Waals surface area contributed by atoms with Crippen LogP contribution in [0.25, 0.3) is 0 Å². The molecule has 0 aromatic carbocycles. The SMILES string of the molecule is COCC(C)NC(C)c1cncs1. The largest absolute Gasteiger partial charge is 0.383 e. The Hall–Kier alpha value is -0.450. The Labute approximate surface area is 83.1 Å². The topological polar surface area (TPSA) is 34.1 Å². The molecule has 4 heteroatoms. The van der Waals surface area contributed by atoms with Crippen molar-refractivity contribution in [2.24, 2.45) is 0 Å². The van der Waals surface area contributed by atoms with Crippen LogP contribution < -0.4 is 5.32 Å². The lowest BCUT2D eigenvalue weighted by molar-refractivity contribution is 0.168. The standard InChI is InChI=1S/C9H16N2OS/c1-7(5-12-3)11-8(2)9-4-10-6-13-9/h4,6-8,11H,5H2,1-3H3. The third-order valence-corrected chi connectivity index (χ3v) is 2.79. The van der Waals surface area contributed by atoms with Gasteiger partial charge in [0.25, 0.3) is 0 Å². The normalized spacial score (nSPS) is 15.6. The van der Waals surface area contributed by atoms with Crippen molar-refractivity contribution < 1.29 is 4.74 Å². The molecule has 0 aliphatic heterocycles. The molecule has 1 N–H and O–H groups in total. The Morgan fingerprint density at radius 3 is 2.92 bits per heavy atom. The molecule has 0 amide bonds. The van der Waals surface area contributed by atoms with Crippen molar-refractivity contribution in [3.63, 3.8) is 0 Å². The van der Waals surface area contributed by atoms with E-state index in [1.54, 1.807) is 18.4 Å². The average Bonchev–Trinajstić information content (AvgIpc) is 2.55. The van der Waals surface area contributed by atoms with E-state index in [4.69, 9.17) is 4.74 Å². The fourth-order valence-electron chi connectivity index (χ4n) is 1.25. The maximum atomic E-state index is 5.05. The maximum Gasteiger partial charge on any atom is 0.0794 e. The van der Waals surface area contributed by atoms with E-state index in [2.05, 4.69) is 24.1 Å². The Morgan fingerprint density at radius 1 is 1.62 bits per heavy atom. The molecular weight excluding hydrogens is 184 g/mol. The highest BCUT2D eigenvalue weighted by molar-refractivity contribution is 7.09. The summed E-state index contributed by atoms with van der Waals surface area (Å²) in [6.45, 7) is 4.99. The summed E-state index contributed by atoms with van der Waals surface area (Å²) >= 11 is 1.68. The summed E-state index contributed by atoms with van der Waals surface area (Å²) in [5.74, 6) is 0. The second-order valence-electron chi connectivity index (χ2n) is 3.15. The fraction of sp³-hybridized carbons (Fsp3) is 0.667. The Morgan fingerprint density at radius 2 is 2.38 bits per heavy atom. The first-order chi connectivity index (χ1) is 6.24. The number of methoxy groups -OCH3 is 1. The van der Waals surface area contributed by atoms with Crippen LogP contribution in [0.3, 0.4) is 0 Å². The highest BCUT2D eigenvalue weighted by Crippen LogP contribution is 2.16. The summed E-state index contributed by atoms with van der Waals surface area (Å²) in [6, 6.07) is 0.736. The molecule has 1 aromatic rings. The number of hydrogen-bond acceptors (Lipinski definition) is 4. The minimum Gasteiger partial charge on any atom is -0.383 e. The van der Waals surface area contributed by atoms with Gasteiger partial charge in [0.15, 0.2) is 0 Å². The Bertz CT molecular complexity index is 226. The van der Waals surface area contributed by atoms with Gasteiger partial charge in [0, 0.05) is 30.3 Å². The molecule has 0 bridgehead atoms. The first kappa shape index (κ1) is 10.6. The highest BCUT2D eigenvalue weighted by atomic mass is 32.1. The minimum atomic E-state index is 0.359. The van der Waals surface area contributed by atoms with Crippen molar-refractivity contribution in [2.75, 3.05) is 13.7 Å². The van der Waals surface area contributed by atoms with Crippen LogP contribution in [-0.4, -0.2) is 24.7 Å². The lowest BCUT2D eigenvalue weighted by Gasteiger charge is -2.17. The molecule has 0 aliphatic rings. The average molecular weight is 200 g/mol. The fourth-order valence-corrected chi connectivity index (χ4v) is 1.88. The molecule has 0 aliphatic carbocycles. The molecular formula is C9H16N2OS. The van der Waals surface area contributed by atoms with Crippen LogP contribution >= 0.6 is 11.3 Å². The lowest BCUT2D eigenvalue weighted by atomic mass is 10.2. The third-order valence-electron chi connectivity index (χ3n) is 1.83. The summed E-state index contributed by atoms with van der Waals surface area (Å²) in [4.78, 5) is 5.31. The maximum absolute atomic E-state index is 5.05. The van der Waals surface area contributed by atoms with Gasteiger partial charge in [-0.05, 0) is 13.8 Å². The molecule has 13 heavy (non-hydrogen) atoms. The van der Waals surface area contributed by atoms with Crippen molar-refractivity contribution in [2.45, 2.75) is 25.9 Å². The van der Waals surface area contributed by atoms with Gasteiger partial charge in [-0.2, -0.15) is 0 Å². The first-order valence-corrected chi connectivity index (χ1v) is 5.25. The van der Waals surface area contributed by atoms with Crippen LogP contribution in [0.1, 0.15) is 24.8 Å². The second kappa shape index (κ2) is 5.32. The van der Waals surface area contributed by atoms with Crippen molar-refractivity contribution in [1.29, 1.82) is 0 Å². The van der Waals surface area contributed by atoms with Crippen LogP contribution in [0.4, 0.5) is 0 Å². The number of ether oxygens (including phenoxy) is 1. The van der Waals surface area contributed by atoms with E-state index in [9.17, 15) is 0 Å². The number of rotatable bonds is 5. The highest BCUT2D eigenvalue weighted by Gasteiger charge is 2.09. The van der Waals surface area contributed by atoms with Gasteiger partial charge in [-0.3, -0.25) is 4.98 Å². The molecule has 0 saturated heterocycles. The van der Waals surface area contributed by atoms with Crippen LogP contribution in [-0.2, 0) is 4.74 Å². The molecule has 1 aromatic heterocycles. The third kappa shape index (κ3) is 3.42. The van der Waals surface area contributed by atoms with E-state index in [0.29, 0.717) is 12.1 Å². The van der Waals surface area contributed by atoms with Crippen LogP contribution in [0.5, 0.6) is 0 Å². The quantitative estimate of drug-likeness (QED) is 0.787. The van der Waals surface area contributed by atoms with Gasteiger partial charge >= 0.3 is 0 Å². The molecule has 74 valence electrons. The number of nitrogens with zero attached hydrogens (tertiary/aromatic N) is 1. The molecule has 0 fully saturated rings. The number of nitrogens with one attached hydrogen (secondary N) is 1. The van der Waals surface area contributed by atoms with Crippen LogP contribution in [0.2, 0.25) is 0 Å². The van der Waals surface area contributed by atoms with Crippen LogP contribution in [0.15, 0.2) is 11.7 Å². The van der Waals surface area contributed by atoms with Crippen molar-refractivity contribution >= 4 is 11.3 Å². The molecule has 2 unspecified atom stereocenters. The predicted molar refractivity (Wildman–Crippen MR) is 55.0 cm³/mol. The number of aromatic nitrogens is 1. The zero-order chi connectivity index (χ0) is 9.68. The molecule has 1 rings (SSSR count). The van der Waals surface area contributed by atoms with Crippen molar-refractivity contribution in [1.82, 2.24) is 10.3 Å². The van der Waals surface area contributed by atoms with E-state index in [0.717, 1.165) is 6.61 Å². The van der Waals surface area contributed by atoms with E-state index < -0.39 is 0 Å². The van der Waals surface area contributed by atoms with Gasteiger partial charge in [0.1, 0.15) is 0 Å². The summed E-state index contributed by atoms with van der Waals surface area (Å²) < 4.78 is 5.05. The molecule has 0 radical (unpaired) electrons. The lowest BCUT2D eigenvalue weighted by Crippen LogP contribution is -2.32. The number of hydrogen-bond donors (Lipinski definition) is 1. The number of thiazole rings is 1. The van der Waals surface area contributed by atoms with Gasteiger partial charge in [-0.15, -0.1) is 11.3 Å². The predicted octanol–water partition coefficient (Wildman–Crippen LogP) is 1.83. The summed E-state index contributed by atoms with van der Waals surface area (Å²) in [5, 5.41) is 3.43. The van der Waals surface area contributed by atoms with Gasteiger partial charge in [0.2, 0.25) is 0 Å². The Kier molecular flexibility index (Phi) is 4.35. The van der Waals surface area contributed by atoms with E-state index >= 15 is 0 Å². The van der Waals surface area contributed by atoms with Crippen molar-refractivity contribution in [3.05, 3.63) is 16.6 Å². The Balaban J connectivity index is 2.37. The summed E-state index contributed by atoms with van der Waals surface area (Å²) in [7, 11) is 1.72. The van der Waals surface area contributed by atoms with Gasteiger partial charge in [-0.1, -0.05) is 0 Å². The van der Waals surface area contributed by atoms with Crippen molar-refractivity contribution in [3.8, 4) is 0 Å². The van der Waals surface area contributed by atoms with E-state index in [1.807, 2.05) is 11.7 Å². The molecule has 0 spiro atoms. The molecule has 2 atom stereocenters. The molecule has 3 nitrogen and oxygen atoms in total. The smallest absolute Gasteiger partial charge is 0.0794 e. The van der Waals surface area contributed by atoms with Gasteiger partial charge in [-0.25, -0.2) is 0 Å². The van der Waals surface area contributed by atoms with E-state index in [1.165, 1.54) is 4.88 Å². The summed E-state index contributed by atoms with van der Waals surface area (Å²) in [5.41, 5.74) is 1.86.